The number of halogens is 3. The van der Waals surface area contributed by atoms with Crippen LogP contribution in [0, 0.1) is 29.1 Å². The van der Waals surface area contributed by atoms with E-state index >= 15 is 0 Å². The van der Waals surface area contributed by atoms with Crippen molar-refractivity contribution in [1.82, 2.24) is 14.5 Å². The van der Waals surface area contributed by atoms with E-state index in [1.807, 2.05) is 17.0 Å². The Labute approximate surface area is 244 Å². The number of aromatic nitrogens is 2. The molecule has 42 heavy (non-hydrogen) atoms. The molecule has 3 aromatic rings. The number of carbonyl (C=O) groups excluding carboxylic acids is 1. The van der Waals surface area contributed by atoms with Gasteiger partial charge in [0.2, 0.25) is 5.91 Å². The van der Waals surface area contributed by atoms with Gasteiger partial charge in [-0.05, 0) is 87.3 Å². The van der Waals surface area contributed by atoms with Crippen molar-refractivity contribution in [3.8, 4) is 17.9 Å². The molecular formula is C32H36F3N5O2. The molecule has 1 aliphatic heterocycles. The highest BCUT2D eigenvalue weighted by Gasteiger charge is 2.30. The predicted octanol–water partition coefficient (Wildman–Crippen LogP) is 5.68. The van der Waals surface area contributed by atoms with Crippen LogP contribution < -0.4 is 5.32 Å². The van der Waals surface area contributed by atoms with Gasteiger partial charge >= 0.3 is 6.18 Å². The zero-order chi connectivity index (χ0) is 30.3. The average molecular weight is 580 g/mol. The number of likely N-dealkylation sites (tertiary alicyclic amines) is 1. The first-order valence-corrected chi connectivity index (χ1v) is 14.1. The summed E-state index contributed by atoms with van der Waals surface area (Å²) in [5.41, 5.74) is 2.53. The van der Waals surface area contributed by atoms with Crippen LogP contribution in [0.3, 0.4) is 0 Å². The van der Waals surface area contributed by atoms with Gasteiger partial charge < -0.3 is 19.5 Å². The number of methoxy groups -OCH3 is 1. The molecule has 0 bridgehead atoms. The maximum absolute atomic E-state index is 13.5. The summed E-state index contributed by atoms with van der Waals surface area (Å²) < 4.78 is 46.6. The first kappa shape index (κ1) is 30.9. The number of benzene rings is 1. The lowest BCUT2D eigenvalue weighted by Crippen LogP contribution is -2.40. The van der Waals surface area contributed by atoms with Crippen molar-refractivity contribution in [3.63, 3.8) is 0 Å². The molecule has 7 nitrogen and oxygen atoms in total. The summed E-state index contributed by atoms with van der Waals surface area (Å²) in [5, 5.41) is 13.1. The molecule has 3 heterocycles. The van der Waals surface area contributed by atoms with Crippen molar-refractivity contribution in [3.05, 3.63) is 59.5 Å². The van der Waals surface area contributed by atoms with E-state index in [0.717, 1.165) is 49.7 Å². The molecule has 10 heteroatoms. The number of alkyl halides is 3. The molecule has 1 saturated heterocycles. The predicted molar refractivity (Wildman–Crippen MR) is 156 cm³/mol. The third-order valence-corrected chi connectivity index (χ3v) is 7.66. The van der Waals surface area contributed by atoms with Gasteiger partial charge in [0, 0.05) is 31.1 Å². The van der Waals surface area contributed by atoms with E-state index in [-0.39, 0.29) is 19.1 Å². The van der Waals surface area contributed by atoms with Crippen LogP contribution in [0.2, 0.25) is 0 Å². The number of amides is 1. The number of nitrogens with one attached hydrogen (secondary N) is 1. The number of pyridine rings is 1. The quantitative estimate of drug-likeness (QED) is 0.330. The lowest BCUT2D eigenvalue weighted by molar-refractivity contribution is -0.140. The third-order valence-electron chi connectivity index (χ3n) is 7.66. The summed E-state index contributed by atoms with van der Waals surface area (Å²) in [6.45, 7) is 4.24. The number of fused-ring (bicyclic) bond motifs is 1. The fourth-order valence-corrected chi connectivity index (χ4v) is 5.19. The molecule has 0 spiro atoms. The molecule has 0 atom stereocenters. The molecule has 0 unspecified atom stereocenters. The minimum absolute atomic E-state index is 0.0197. The Morgan fingerprint density at radius 3 is 2.57 bits per heavy atom. The minimum Gasteiger partial charge on any atom is -0.375 e. The molecule has 1 aromatic carbocycles. The Kier molecular flexibility index (Phi) is 9.80. The van der Waals surface area contributed by atoms with Crippen molar-refractivity contribution in [2.24, 2.45) is 5.92 Å². The van der Waals surface area contributed by atoms with Crippen LogP contribution >= 0.6 is 0 Å². The summed E-state index contributed by atoms with van der Waals surface area (Å²) in [4.78, 5) is 18.2. The van der Waals surface area contributed by atoms with Gasteiger partial charge in [0.15, 0.2) is 0 Å². The van der Waals surface area contributed by atoms with E-state index in [9.17, 15) is 23.2 Å². The second-order valence-corrected chi connectivity index (χ2v) is 11.2. The fraction of sp³-hybridized carbons (Fsp3) is 0.469. The Hall–Kier alpha value is -4.02. The highest BCUT2D eigenvalue weighted by atomic mass is 19.4. The van der Waals surface area contributed by atoms with Gasteiger partial charge in [-0.1, -0.05) is 12.0 Å². The van der Waals surface area contributed by atoms with Crippen LogP contribution in [0.25, 0.3) is 10.9 Å². The molecule has 2 aromatic heterocycles. The molecule has 1 aliphatic rings. The Morgan fingerprint density at radius 2 is 1.93 bits per heavy atom. The van der Waals surface area contributed by atoms with Gasteiger partial charge in [-0.2, -0.15) is 18.4 Å². The van der Waals surface area contributed by atoms with E-state index in [0.29, 0.717) is 28.5 Å². The maximum atomic E-state index is 13.5. The highest BCUT2D eigenvalue weighted by Crippen LogP contribution is 2.28. The summed E-state index contributed by atoms with van der Waals surface area (Å²) in [6.07, 6.45) is 0.882. The number of piperidine rings is 1. The van der Waals surface area contributed by atoms with Crippen molar-refractivity contribution < 1.29 is 22.7 Å². The molecule has 0 saturated carbocycles. The van der Waals surface area contributed by atoms with Gasteiger partial charge in [0.1, 0.15) is 13.2 Å². The van der Waals surface area contributed by atoms with Crippen LogP contribution in [-0.2, 0) is 27.9 Å². The largest absolute Gasteiger partial charge is 0.406 e. The van der Waals surface area contributed by atoms with E-state index in [1.54, 1.807) is 44.3 Å². The average Bonchev–Trinajstić information content (AvgIpc) is 3.29. The van der Waals surface area contributed by atoms with E-state index in [2.05, 4.69) is 28.2 Å². The zero-order valence-corrected chi connectivity index (χ0v) is 24.2. The molecule has 1 N–H and O–H groups in total. The number of ether oxygens (including phenoxy) is 1. The molecule has 4 rings (SSSR count). The first-order valence-electron chi connectivity index (χ1n) is 14.1. The maximum Gasteiger partial charge on any atom is 0.406 e. The number of anilines is 1. The van der Waals surface area contributed by atoms with Gasteiger partial charge in [0.05, 0.1) is 41.3 Å². The number of nitriles is 1. The molecule has 0 aliphatic carbocycles. The number of rotatable bonds is 9. The first-order chi connectivity index (χ1) is 20.0. The zero-order valence-electron chi connectivity index (χ0n) is 24.2. The van der Waals surface area contributed by atoms with Gasteiger partial charge in [-0.25, -0.2) is 0 Å². The number of hydrogen-bond acceptors (Lipinski definition) is 5. The van der Waals surface area contributed by atoms with Crippen LogP contribution in [0.15, 0.2) is 42.6 Å². The molecular weight excluding hydrogens is 543 g/mol. The second-order valence-electron chi connectivity index (χ2n) is 11.2. The summed E-state index contributed by atoms with van der Waals surface area (Å²) in [7, 11) is 1.52. The van der Waals surface area contributed by atoms with Gasteiger partial charge in [-0.15, -0.1) is 0 Å². The van der Waals surface area contributed by atoms with E-state index in [4.69, 9.17) is 4.74 Å². The van der Waals surface area contributed by atoms with E-state index < -0.39 is 18.1 Å². The molecule has 0 radical (unpaired) electrons. The summed E-state index contributed by atoms with van der Waals surface area (Å²) in [6, 6.07) is 13.1. The Morgan fingerprint density at radius 1 is 1.17 bits per heavy atom. The number of hydrogen-bond donors (Lipinski definition) is 1. The smallest absolute Gasteiger partial charge is 0.375 e. The number of nitrogens with zero attached hydrogens (tertiary/aromatic N) is 4. The van der Waals surface area contributed by atoms with Gasteiger partial charge in [0.25, 0.3) is 0 Å². The Balaban J connectivity index is 1.42. The van der Waals surface area contributed by atoms with Crippen LogP contribution in [0.5, 0.6) is 0 Å². The highest BCUT2D eigenvalue weighted by molar-refractivity contribution is 5.83. The molecule has 1 amide bonds. The topological polar surface area (TPSA) is 83.2 Å². The van der Waals surface area contributed by atoms with Crippen molar-refractivity contribution in [1.29, 1.82) is 5.26 Å². The minimum atomic E-state index is -4.39. The van der Waals surface area contributed by atoms with E-state index in [1.165, 1.54) is 11.7 Å². The third kappa shape index (κ3) is 8.04. The summed E-state index contributed by atoms with van der Waals surface area (Å²) in [5.74, 6) is 6.36. The Bertz CT molecular complexity index is 1490. The molecule has 222 valence electrons. The standard InChI is InChI=1S/C32H36F3N5O2/c1-31(2,21-36)29-11-9-26(19-38-29)37-14-4-5-27-18-25-17-24(8-10-28(25)40(27)22-32(33,34)35)7-6-23-12-15-39(16-13-23)30(41)20-42-3/h8-11,17-19,23,37H,6-7,12-16,20,22H2,1-3H3. The van der Waals surface area contributed by atoms with Crippen molar-refractivity contribution in [2.75, 3.05) is 38.7 Å². The van der Waals surface area contributed by atoms with Gasteiger partial charge in [-0.3, -0.25) is 9.78 Å². The molecule has 1 fully saturated rings. The lowest BCUT2D eigenvalue weighted by Gasteiger charge is -2.32. The number of aryl methyl sites for hydroxylation is 1. The van der Waals surface area contributed by atoms with Crippen LogP contribution in [0.4, 0.5) is 18.9 Å². The SMILES string of the molecule is COCC(=O)N1CCC(CCc2ccc3c(c2)cc(C#CCNc2ccc(C(C)(C)C#N)nc2)n3CC(F)(F)F)CC1. The van der Waals surface area contributed by atoms with Crippen LogP contribution in [-0.4, -0.2) is 59.9 Å². The normalized spacial score (nSPS) is 14.4. The number of carbonyl (C=O) groups is 1. The lowest BCUT2D eigenvalue weighted by atomic mass is 9.90. The second kappa shape index (κ2) is 13.3. The van der Waals surface area contributed by atoms with Crippen LogP contribution in [0.1, 0.15) is 50.1 Å². The van der Waals surface area contributed by atoms with Crippen molar-refractivity contribution in [2.45, 2.75) is 57.7 Å². The summed E-state index contributed by atoms with van der Waals surface area (Å²) >= 11 is 0. The fourth-order valence-electron chi connectivity index (χ4n) is 5.19. The van der Waals surface area contributed by atoms with Crippen molar-refractivity contribution >= 4 is 22.5 Å². The monoisotopic (exact) mass is 579 g/mol.